The summed E-state index contributed by atoms with van der Waals surface area (Å²) in [6.07, 6.45) is 10.8. The van der Waals surface area contributed by atoms with Crippen molar-refractivity contribution in [2.24, 2.45) is 5.73 Å². The van der Waals surface area contributed by atoms with Crippen molar-refractivity contribution in [3.8, 4) is 0 Å². The van der Waals surface area contributed by atoms with Crippen molar-refractivity contribution in [1.29, 1.82) is 0 Å². The first kappa shape index (κ1) is 16.0. The minimum Gasteiger partial charge on any atom is -0.330 e. The van der Waals surface area contributed by atoms with Crippen LogP contribution in [0.2, 0.25) is 0 Å². The summed E-state index contributed by atoms with van der Waals surface area (Å²) in [7, 11) is 0. The molecule has 0 bridgehead atoms. The average Bonchev–Trinajstić information content (AvgIpc) is 2.45. The van der Waals surface area contributed by atoms with Gasteiger partial charge in [-0.25, -0.2) is 0 Å². The zero-order chi connectivity index (χ0) is 13.9. The molecule has 1 heteroatoms. The molecular weight excluding hydrogens is 230 g/mol. The van der Waals surface area contributed by atoms with Gasteiger partial charge in [0.05, 0.1) is 0 Å². The summed E-state index contributed by atoms with van der Waals surface area (Å²) in [5, 5.41) is 0. The van der Waals surface area contributed by atoms with Gasteiger partial charge in [0.2, 0.25) is 0 Å². The third kappa shape index (κ3) is 6.07. The molecule has 106 valence electrons. The van der Waals surface area contributed by atoms with E-state index in [1.807, 2.05) is 0 Å². The van der Waals surface area contributed by atoms with Crippen LogP contribution in [0.3, 0.4) is 0 Å². The van der Waals surface area contributed by atoms with Crippen molar-refractivity contribution < 1.29 is 0 Å². The largest absolute Gasteiger partial charge is 0.330 e. The minimum absolute atomic E-state index is 0.776. The van der Waals surface area contributed by atoms with Crippen LogP contribution >= 0.6 is 0 Å². The summed E-state index contributed by atoms with van der Waals surface area (Å²) < 4.78 is 0. The fourth-order valence-electron chi connectivity index (χ4n) is 2.28. The maximum atomic E-state index is 5.59. The van der Waals surface area contributed by atoms with Crippen molar-refractivity contribution in [2.45, 2.75) is 58.8 Å². The van der Waals surface area contributed by atoms with E-state index >= 15 is 0 Å². The molecule has 0 saturated heterocycles. The number of benzene rings is 1. The van der Waals surface area contributed by atoms with Gasteiger partial charge in [-0.3, -0.25) is 0 Å². The third-order valence-electron chi connectivity index (χ3n) is 3.45. The van der Waals surface area contributed by atoms with Crippen LogP contribution in [0.1, 0.15) is 63.5 Å². The number of nitrogens with two attached hydrogens (primary N) is 1. The first-order valence-corrected chi connectivity index (χ1v) is 7.80. The highest BCUT2D eigenvalue weighted by Gasteiger charge is 2.02. The van der Waals surface area contributed by atoms with Gasteiger partial charge in [0.15, 0.2) is 0 Å². The van der Waals surface area contributed by atoms with Crippen LogP contribution in [0, 0.1) is 0 Å². The Bertz CT molecular complexity index is 379. The molecule has 0 aliphatic rings. The van der Waals surface area contributed by atoms with Crippen LogP contribution in [0.4, 0.5) is 0 Å². The maximum Gasteiger partial charge on any atom is -0.00741 e. The predicted octanol–water partition coefficient (Wildman–Crippen LogP) is 4.95. The molecule has 2 N–H and O–H groups in total. The summed E-state index contributed by atoms with van der Waals surface area (Å²) in [5.74, 6) is 0. The van der Waals surface area contributed by atoms with Gasteiger partial charge in [0.1, 0.15) is 0 Å². The molecule has 0 fully saturated rings. The Morgan fingerprint density at radius 2 is 2.00 bits per heavy atom. The van der Waals surface area contributed by atoms with Gasteiger partial charge >= 0.3 is 0 Å². The number of rotatable bonds is 9. The molecule has 1 aromatic carbocycles. The van der Waals surface area contributed by atoms with E-state index in [-0.39, 0.29) is 0 Å². The van der Waals surface area contributed by atoms with E-state index in [4.69, 9.17) is 5.73 Å². The summed E-state index contributed by atoms with van der Waals surface area (Å²) >= 11 is 0. The number of allylic oxidation sites excluding steroid dienone is 2. The molecule has 0 aliphatic carbocycles. The van der Waals surface area contributed by atoms with E-state index in [0.29, 0.717) is 0 Å². The number of hydrogen-bond acceptors (Lipinski definition) is 1. The Labute approximate surface area is 118 Å². The molecule has 1 nitrogen and oxygen atoms in total. The molecule has 0 unspecified atom stereocenters. The minimum atomic E-state index is 0.776. The molecule has 0 aliphatic heterocycles. The highest BCUT2D eigenvalue weighted by molar-refractivity contribution is 5.66. The zero-order valence-electron chi connectivity index (χ0n) is 12.6. The maximum absolute atomic E-state index is 5.59. The Kier molecular flexibility index (Phi) is 8.24. The SMILES string of the molecule is CCC/C=C(/CCCC)c1cccc(CCCN)c1. The van der Waals surface area contributed by atoms with Crippen molar-refractivity contribution >= 4 is 5.57 Å². The average molecular weight is 259 g/mol. The fourth-order valence-corrected chi connectivity index (χ4v) is 2.28. The quantitative estimate of drug-likeness (QED) is 0.667. The Balaban J connectivity index is 2.82. The van der Waals surface area contributed by atoms with Crippen molar-refractivity contribution in [1.82, 2.24) is 0 Å². The van der Waals surface area contributed by atoms with Crippen LogP contribution in [0.5, 0.6) is 0 Å². The van der Waals surface area contributed by atoms with Gasteiger partial charge in [0.25, 0.3) is 0 Å². The number of hydrogen-bond donors (Lipinski definition) is 1. The lowest BCUT2D eigenvalue weighted by Crippen LogP contribution is -2.00. The monoisotopic (exact) mass is 259 g/mol. The van der Waals surface area contributed by atoms with E-state index < -0.39 is 0 Å². The lowest BCUT2D eigenvalue weighted by molar-refractivity contribution is 0.818. The molecule has 1 aromatic rings. The van der Waals surface area contributed by atoms with Crippen molar-refractivity contribution in [3.05, 3.63) is 41.5 Å². The third-order valence-corrected chi connectivity index (χ3v) is 3.45. The topological polar surface area (TPSA) is 26.0 Å². The van der Waals surface area contributed by atoms with E-state index in [1.165, 1.54) is 48.8 Å². The van der Waals surface area contributed by atoms with E-state index in [9.17, 15) is 0 Å². The van der Waals surface area contributed by atoms with Gasteiger partial charge in [-0.05, 0) is 55.3 Å². The predicted molar refractivity (Wildman–Crippen MR) is 86.2 cm³/mol. The first-order valence-electron chi connectivity index (χ1n) is 7.80. The summed E-state index contributed by atoms with van der Waals surface area (Å²) in [4.78, 5) is 0. The highest BCUT2D eigenvalue weighted by Crippen LogP contribution is 2.23. The molecule has 0 amide bonds. The molecule has 19 heavy (non-hydrogen) atoms. The van der Waals surface area contributed by atoms with Crippen LogP contribution in [-0.2, 0) is 6.42 Å². The van der Waals surface area contributed by atoms with Crippen LogP contribution in [0.25, 0.3) is 5.57 Å². The summed E-state index contributed by atoms with van der Waals surface area (Å²) in [6, 6.07) is 9.01. The summed E-state index contributed by atoms with van der Waals surface area (Å²) in [6.45, 7) is 5.28. The molecular formula is C18H29N. The number of unbranched alkanes of at least 4 members (excludes halogenated alkanes) is 2. The Hall–Kier alpha value is -1.08. The fraction of sp³-hybridized carbons (Fsp3) is 0.556. The van der Waals surface area contributed by atoms with Gasteiger partial charge in [-0.2, -0.15) is 0 Å². The molecule has 1 rings (SSSR count). The van der Waals surface area contributed by atoms with Crippen molar-refractivity contribution in [2.75, 3.05) is 6.54 Å². The molecule has 0 aromatic heterocycles. The second-order valence-electron chi connectivity index (χ2n) is 5.21. The summed E-state index contributed by atoms with van der Waals surface area (Å²) in [5.41, 5.74) is 9.95. The van der Waals surface area contributed by atoms with Gasteiger partial charge < -0.3 is 5.73 Å². The highest BCUT2D eigenvalue weighted by atomic mass is 14.5. The van der Waals surface area contributed by atoms with Crippen LogP contribution in [-0.4, -0.2) is 6.54 Å². The second kappa shape index (κ2) is 9.80. The van der Waals surface area contributed by atoms with E-state index in [2.05, 4.69) is 44.2 Å². The Morgan fingerprint density at radius 3 is 2.68 bits per heavy atom. The molecule has 0 spiro atoms. The Morgan fingerprint density at radius 1 is 1.16 bits per heavy atom. The van der Waals surface area contributed by atoms with E-state index in [0.717, 1.165) is 19.4 Å². The van der Waals surface area contributed by atoms with Crippen molar-refractivity contribution in [3.63, 3.8) is 0 Å². The van der Waals surface area contributed by atoms with Gasteiger partial charge in [-0.15, -0.1) is 0 Å². The molecule has 0 atom stereocenters. The molecule has 0 saturated carbocycles. The van der Waals surface area contributed by atoms with Crippen LogP contribution in [0.15, 0.2) is 30.3 Å². The molecule has 0 heterocycles. The van der Waals surface area contributed by atoms with Gasteiger partial charge in [0, 0.05) is 0 Å². The van der Waals surface area contributed by atoms with Gasteiger partial charge in [-0.1, -0.05) is 57.0 Å². The number of aryl methyl sites for hydroxylation is 1. The normalized spacial score (nSPS) is 11.8. The zero-order valence-corrected chi connectivity index (χ0v) is 12.6. The first-order chi connectivity index (χ1) is 9.31. The lowest BCUT2D eigenvalue weighted by atomic mass is 9.96. The van der Waals surface area contributed by atoms with E-state index in [1.54, 1.807) is 0 Å². The smallest absolute Gasteiger partial charge is 0.00741 e. The second-order valence-corrected chi connectivity index (χ2v) is 5.21. The lowest BCUT2D eigenvalue weighted by Gasteiger charge is -2.10. The van der Waals surface area contributed by atoms with Crippen LogP contribution < -0.4 is 5.73 Å². The molecule has 0 radical (unpaired) electrons. The standard InChI is InChI=1S/C18H29N/c1-3-5-11-17(12-6-4-2)18-13-7-9-16(15-18)10-8-14-19/h7,9,11,13,15H,3-6,8,10,12,14,19H2,1-2H3/b17-11-.